The molecule has 0 aliphatic heterocycles. The third-order valence-electron chi connectivity index (χ3n) is 4.59. The molecule has 2 atom stereocenters. The van der Waals surface area contributed by atoms with Crippen LogP contribution in [0.2, 0.25) is 0 Å². The predicted octanol–water partition coefficient (Wildman–Crippen LogP) is 2.30. The molecular formula is C17H22FN3O2. The van der Waals surface area contributed by atoms with Crippen LogP contribution in [0.15, 0.2) is 18.2 Å². The third kappa shape index (κ3) is 3.69. The van der Waals surface area contributed by atoms with E-state index in [0.29, 0.717) is 29.7 Å². The number of nitrogens with one attached hydrogen (secondary N) is 2. The van der Waals surface area contributed by atoms with E-state index < -0.39 is 0 Å². The summed E-state index contributed by atoms with van der Waals surface area (Å²) in [6.45, 7) is 0.119. The molecule has 0 saturated heterocycles. The van der Waals surface area contributed by atoms with E-state index in [1.807, 2.05) is 0 Å². The number of hydrogen-bond donors (Lipinski definition) is 3. The van der Waals surface area contributed by atoms with Crippen molar-refractivity contribution in [1.82, 2.24) is 15.3 Å². The fraction of sp³-hybridized carbons (Fsp3) is 0.529. The van der Waals surface area contributed by atoms with Gasteiger partial charge in [0.1, 0.15) is 11.3 Å². The average molecular weight is 319 g/mol. The fourth-order valence-corrected chi connectivity index (χ4v) is 3.29. The summed E-state index contributed by atoms with van der Waals surface area (Å²) >= 11 is 0. The summed E-state index contributed by atoms with van der Waals surface area (Å²) in [4.78, 5) is 19.4. The van der Waals surface area contributed by atoms with Gasteiger partial charge in [-0.25, -0.2) is 9.37 Å². The van der Waals surface area contributed by atoms with Crippen molar-refractivity contribution < 1.29 is 14.3 Å². The van der Waals surface area contributed by atoms with Gasteiger partial charge in [-0.15, -0.1) is 0 Å². The number of nitrogens with zero attached hydrogens (tertiary/aromatic N) is 1. The van der Waals surface area contributed by atoms with Gasteiger partial charge in [-0.1, -0.05) is 18.9 Å². The van der Waals surface area contributed by atoms with Crippen molar-refractivity contribution in [2.75, 3.05) is 6.61 Å². The van der Waals surface area contributed by atoms with Crippen LogP contribution in [0.3, 0.4) is 0 Å². The third-order valence-corrected chi connectivity index (χ3v) is 4.59. The maximum Gasteiger partial charge on any atom is 0.220 e. The van der Waals surface area contributed by atoms with Gasteiger partial charge in [-0.05, 0) is 25.0 Å². The molecule has 1 aromatic carbocycles. The Morgan fingerprint density at radius 2 is 2.22 bits per heavy atom. The number of rotatable bonds is 5. The van der Waals surface area contributed by atoms with E-state index in [1.54, 1.807) is 12.1 Å². The van der Waals surface area contributed by atoms with Crippen molar-refractivity contribution in [2.24, 2.45) is 5.92 Å². The lowest BCUT2D eigenvalue weighted by molar-refractivity contribution is -0.122. The molecule has 1 heterocycles. The first-order valence-corrected chi connectivity index (χ1v) is 8.20. The number of aromatic amines is 1. The highest BCUT2D eigenvalue weighted by Crippen LogP contribution is 2.24. The van der Waals surface area contributed by atoms with Crippen LogP contribution in [0.25, 0.3) is 11.0 Å². The predicted molar refractivity (Wildman–Crippen MR) is 85.3 cm³/mol. The lowest BCUT2D eigenvalue weighted by atomic mass is 9.85. The number of aryl methyl sites for hydroxylation is 1. The molecule has 6 heteroatoms. The number of carbonyl (C=O) groups is 1. The van der Waals surface area contributed by atoms with Crippen LogP contribution in [-0.2, 0) is 11.2 Å². The van der Waals surface area contributed by atoms with Gasteiger partial charge in [0, 0.05) is 31.4 Å². The molecule has 5 nitrogen and oxygen atoms in total. The van der Waals surface area contributed by atoms with Crippen molar-refractivity contribution in [2.45, 2.75) is 44.6 Å². The number of benzene rings is 1. The minimum absolute atomic E-state index is 0.0451. The first kappa shape index (κ1) is 15.9. The number of halogens is 1. The Labute approximate surface area is 134 Å². The molecule has 1 fully saturated rings. The second-order valence-electron chi connectivity index (χ2n) is 6.22. The largest absolute Gasteiger partial charge is 0.396 e. The van der Waals surface area contributed by atoms with E-state index in [1.165, 1.54) is 6.07 Å². The summed E-state index contributed by atoms with van der Waals surface area (Å²) in [5, 5.41) is 12.4. The monoisotopic (exact) mass is 319 g/mol. The highest BCUT2D eigenvalue weighted by Gasteiger charge is 2.25. The van der Waals surface area contributed by atoms with Gasteiger partial charge in [-0.3, -0.25) is 4.79 Å². The minimum Gasteiger partial charge on any atom is -0.396 e. The fourth-order valence-electron chi connectivity index (χ4n) is 3.29. The van der Waals surface area contributed by atoms with E-state index in [0.717, 1.165) is 25.7 Å². The SMILES string of the molecule is O=C(CCc1nc2c(F)cccc2[nH]1)NC1CCCCC1CO. The van der Waals surface area contributed by atoms with Crippen molar-refractivity contribution in [1.29, 1.82) is 0 Å². The summed E-state index contributed by atoms with van der Waals surface area (Å²) in [6, 6.07) is 4.83. The number of H-pyrrole nitrogens is 1. The van der Waals surface area contributed by atoms with Crippen LogP contribution < -0.4 is 5.32 Å². The Bertz CT molecular complexity index is 686. The highest BCUT2D eigenvalue weighted by molar-refractivity contribution is 5.77. The topological polar surface area (TPSA) is 78.0 Å². The highest BCUT2D eigenvalue weighted by atomic mass is 19.1. The summed E-state index contributed by atoms with van der Waals surface area (Å²) in [5.41, 5.74) is 0.962. The quantitative estimate of drug-likeness (QED) is 0.791. The van der Waals surface area contributed by atoms with Crippen molar-refractivity contribution in [3.63, 3.8) is 0 Å². The van der Waals surface area contributed by atoms with Crippen LogP contribution in [0.4, 0.5) is 4.39 Å². The van der Waals surface area contributed by atoms with Gasteiger partial charge >= 0.3 is 0 Å². The Morgan fingerprint density at radius 1 is 1.39 bits per heavy atom. The summed E-state index contributed by atoms with van der Waals surface area (Å²) in [5.74, 6) is 0.370. The van der Waals surface area contributed by atoms with Crippen molar-refractivity contribution in [3.8, 4) is 0 Å². The first-order valence-electron chi connectivity index (χ1n) is 8.20. The molecule has 23 heavy (non-hydrogen) atoms. The molecule has 1 aromatic heterocycles. The van der Waals surface area contributed by atoms with Crippen LogP contribution >= 0.6 is 0 Å². The molecule has 0 spiro atoms. The van der Waals surface area contributed by atoms with Gasteiger partial charge in [0.15, 0.2) is 5.82 Å². The number of para-hydroxylation sites is 1. The van der Waals surface area contributed by atoms with E-state index in [-0.39, 0.29) is 30.3 Å². The van der Waals surface area contributed by atoms with E-state index in [9.17, 15) is 14.3 Å². The van der Waals surface area contributed by atoms with Crippen molar-refractivity contribution >= 4 is 16.9 Å². The zero-order valence-electron chi connectivity index (χ0n) is 13.0. The van der Waals surface area contributed by atoms with Crippen LogP contribution in [-0.4, -0.2) is 33.6 Å². The smallest absolute Gasteiger partial charge is 0.220 e. The minimum atomic E-state index is -0.359. The molecule has 0 bridgehead atoms. The number of amides is 1. The number of fused-ring (bicyclic) bond motifs is 1. The molecule has 0 radical (unpaired) electrons. The Kier molecular flexibility index (Phi) is 4.91. The number of aromatic nitrogens is 2. The standard InChI is InChI=1S/C17H22FN3O2/c18-12-5-3-7-14-17(12)21-15(19-14)8-9-16(23)20-13-6-2-1-4-11(13)10-22/h3,5,7,11,13,22H,1-2,4,6,8-10H2,(H,19,21)(H,20,23). The van der Waals surface area contributed by atoms with Gasteiger partial charge in [0.25, 0.3) is 0 Å². The second kappa shape index (κ2) is 7.08. The molecule has 1 saturated carbocycles. The molecule has 1 amide bonds. The summed E-state index contributed by atoms with van der Waals surface area (Å²) < 4.78 is 13.6. The second-order valence-corrected chi connectivity index (χ2v) is 6.22. The van der Waals surface area contributed by atoms with Gasteiger partial charge < -0.3 is 15.4 Å². The molecule has 2 unspecified atom stereocenters. The van der Waals surface area contributed by atoms with Gasteiger partial charge in [0.2, 0.25) is 5.91 Å². The molecule has 2 aromatic rings. The molecule has 1 aliphatic rings. The lowest BCUT2D eigenvalue weighted by Crippen LogP contribution is -2.43. The number of aliphatic hydroxyl groups excluding tert-OH is 1. The number of aliphatic hydroxyl groups is 1. The number of carbonyl (C=O) groups excluding carboxylic acids is 1. The van der Waals surface area contributed by atoms with Crippen molar-refractivity contribution in [3.05, 3.63) is 29.8 Å². The number of imidazole rings is 1. The zero-order valence-corrected chi connectivity index (χ0v) is 13.0. The Balaban J connectivity index is 1.56. The van der Waals surface area contributed by atoms with E-state index in [4.69, 9.17) is 0 Å². The average Bonchev–Trinajstić information content (AvgIpc) is 2.98. The normalized spacial score (nSPS) is 21.5. The lowest BCUT2D eigenvalue weighted by Gasteiger charge is -2.30. The van der Waals surface area contributed by atoms with Crippen LogP contribution in [0, 0.1) is 11.7 Å². The molecule has 1 aliphatic carbocycles. The summed E-state index contributed by atoms with van der Waals surface area (Å²) in [6.07, 6.45) is 4.83. The van der Waals surface area contributed by atoms with Crippen LogP contribution in [0.1, 0.15) is 37.9 Å². The molecule has 3 rings (SSSR count). The van der Waals surface area contributed by atoms with E-state index >= 15 is 0 Å². The van der Waals surface area contributed by atoms with Gasteiger partial charge in [0.05, 0.1) is 5.52 Å². The Hall–Kier alpha value is -1.95. The first-order chi connectivity index (χ1) is 11.2. The summed E-state index contributed by atoms with van der Waals surface area (Å²) in [7, 11) is 0. The van der Waals surface area contributed by atoms with E-state index in [2.05, 4.69) is 15.3 Å². The molecule has 124 valence electrons. The maximum absolute atomic E-state index is 13.6. The Morgan fingerprint density at radius 3 is 3.00 bits per heavy atom. The van der Waals surface area contributed by atoms with Gasteiger partial charge in [-0.2, -0.15) is 0 Å². The zero-order chi connectivity index (χ0) is 16.2. The molecular weight excluding hydrogens is 297 g/mol. The maximum atomic E-state index is 13.6. The molecule has 3 N–H and O–H groups in total. The van der Waals surface area contributed by atoms with Crippen LogP contribution in [0.5, 0.6) is 0 Å². The number of hydrogen-bond acceptors (Lipinski definition) is 3.